The van der Waals surface area contributed by atoms with Crippen molar-refractivity contribution < 1.29 is 9.90 Å². The van der Waals surface area contributed by atoms with Crippen LogP contribution in [0, 0.1) is 29.6 Å². The van der Waals surface area contributed by atoms with Crippen LogP contribution in [0.5, 0.6) is 0 Å². The van der Waals surface area contributed by atoms with E-state index in [2.05, 4.69) is 17.2 Å². The fraction of sp³-hybridized carbons (Fsp3) is 0.500. The molecule has 0 bridgehead atoms. The lowest BCUT2D eigenvalue weighted by Gasteiger charge is -2.05. The van der Waals surface area contributed by atoms with Gasteiger partial charge in [-0.2, -0.15) is 0 Å². The largest absolute Gasteiger partial charge is 0.395 e. The van der Waals surface area contributed by atoms with Gasteiger partial charge in [0.1, 0.15) is 0 Å². The number of anilines is 1. The molecule has 2 fully saturated rings. The second-order valence-corrected chi connectivity index (χ2v) is 5.98. The third kappa shape index (κ3) is 3.28. The average Bonchev–Trinajstić information content (AvgIpc) is 3.22. The molecule has 110 valence electrons. The lowest BCUT2D eigenvalue weighted by molar-refractivity contribution is -0.117. The summed E-state index contributed by atoms with van der Waals surface area (Å²) in [4.78, 5) is 12.3. The average molecular weight is 283 g/mol. The number of amides is 1. The quantitative estimate of drug-likeness (QED) is 0.838. The van der Waals surface area contributed by atoms with Gasteiger partial charge < -0.3 is 10.4 Å². The molecule has 1 aromatic carbocycles. The molecular formula is C18H21NO2. The van der Waals surface area contributed by atoms with Crippen molar-refractivity contribution in [3.8, 4) is 11.8 Å². The fourth-order valence-corrected chi connectivity index (χ4v) is 3.50. The summed E-state index contributed by atoms with van der Waals surface area (Å²) >= 11 is 0. The maximum absolute atomic E-state index is 12.3. The summed E-state index contributed by atoms with van der Waals surface area (Å²) in [7, 11) is 0. The van der Waals surface area contributed by atoms with Gasteiger partial charge in [-0.3, -0.25) is 4.79 Å². The van der Waals surface area contributed by atoms with Gasteiger partial charge >= 0.3 is 0 Å². The summed E-state index contributed by atoms with van der Waals surface area (Å²) in [5.74, 6) is 7.56. The van der Waals surface area contributed by atoms with E-state index in [0.29, 0.717) is 18.3 Å². The second kappa shape index (κ2) is 6.32. The number of carbonyl (C=O) groups is 1. The molecule has 21 heavy (non-hydrogen) atoms. The van der Waals surface area contributed by atoms with E-state index in [1.807, 2.05) is 24.3 Å². The van der Waals surface area contributed by atoms with Gasteiger partial charge in [0.15, 0.2) is 0 Å². The van der Waals surface area contributed by atoms with Crippen LogP contribution in [0.15, 0.2) is 24.3 Å². The molecule has 3 heteroatoms. The van der Waals surface area contributed by atoms with Crippen LogP contribution in [-0.4, -0.2) is 17.6 Å². The van der Waals surface area contributed by atoms with E-state index in [1.165, 1.54) is 25.7 Å². The molecule has 3 rings (SSSR count). The molecule has 0 spiro atoms. The Hall–Kier alpha value is -1.79. The molecule has 2 unspecified atom stereocenters. The lowest BCUT2D eigenvalue weighted by atomic mass is 10.0. The maximum Gasteiger partial charge on any atom is 0.228 e. The van der Waals surface area contributed by atoms with E-state index in [9.17, 15) is 4.79 Å². The molecule has 2 saturated carbocycles. The summed E-state index contributed by atoms with van der Waals surface area (Å²) in [5, 5.41) is 11.8. The molecule has 2 N–H and O–H groups in total. The van der Waals surface area contributed by atoms with Crippen LogP contribution in [0.1, 0.15) is 37.7 Å². The van der Waals surface area contributed by atoms with Crippen LogP contribution in [0.25, 0.3) is 0 Å². The molecule has 0 aliphatic heterocycles. The van der Waals surface area contributed by atoms with E-state index in [4.69, 9.17) is 5.11 Å². The van der Waals surface area contributed by atoms with E-state index >= 15 is 0 Å². The number of aliphatic hydroxyl groups excluding tert-OH is 1. The first-order valence-corrected chi connectivity index (χ1v) is 7.80. The zero-order valence-corrected chi connectivity index (χ0v) is 12.1. The van der Waals surface area contributed by atoms with Gasteiger partial charge in [-0.1, -0.05) is 30.7 Å². The Morgan fingerprint density at radius 1 is 1.29 bits per heavy atom. The van der Waals surface area contributed by atoms with Crippen molar-refractivity contribution in [1.29, 1.82) is 0 Å². The van der Waals surface area contributed by atoms with Crippen LogP contribution in [0.4, 0.5) is 5.69 Å². The van der Waals surface area contributed by atoms with Crippen molar-refractivity contribution in [3.63, 3.8) is 0 Å². The van der Waals surface area contributed by atoms with Crippen LogP contribution in [0.3, 0.4) is 0 Å². The van der Waals surface area contributed by atoms with Gasteiger partial charge in [0.2, 0.25) is 5.91 Å². The molecule has 0 radical (unpaired) electrons. The molecule has 0 heterocycles. The molecule has 3 nitrogen and oxygen atoms in total. The lowest BCUT2D eigenvalue weighted by Crippen LogP contribution is -2.15. The highest BCUT2D eigenvalue weighted by Gasteiger charge is 2.54. The minimum absolute atomic E-state index is 0.0773. The first-order chi connectivity index (χ1) is 10.3. The highest BCUT2D eigenvalue weighted by molar-refractivity contribution is 5.95. The predicted molar refractivity (Wildman–Crippen MR) is 82.6 cm³/mol. The fourth-order valence-electron chi connectivity index (χ4n) is 3.50. The summed E-state index contributed by atoms with van der Waals surface area (Å²) < 4.78 is 0. The minimum Gasteiger partial charge on any atom is -0.395 e. The van der Waals surface area contributed by atoms with E-state index in [1.54, 1.807) is 0 Å². The topological polar surface area (TPSA) is 49.3 Å². The number of aliphatic hydroxyl groups is 1. The summed E-state index contributed by atoms with van der Waals surface area (Å²) in [5.41, 5.74) is 1.69. The third-order valence-electron chi connectivity index (χ3n) is 4.56. The molecule has 0 saturated heterocycles. The van der Waals surface area contributed by atoms with Gasteiger partial charge in [-0.25, -0.2) is 0 Å². The van der Waals surface area contributed by atoms with E-state index in [0.717, 1.165) is 11.3 Å². The number of rotatable bonds is 3. The molecular weight excluding hydrogens is 262 g/mol. The minimum atomic E-state index is 0.0773. The smallest absolute Gasteiger partial charge is 0.228 e. The van der Waals surface area contributed by atoms with Crippen molar-refractivity contribution in [2.24, 2.45) is 17.8 Å². The number of fused-ring (bicyclic) bond motifs is 1. The van der Waals surface area contributed by atoms with Gasteiger partial charge in [0.05, 0.1) is 6.61 Å². The van der Waals surface area contributed by atoms with Gasteiger partial charge in [-0.15, -0.1) is 0 Å². The standard InChI is InChI=1S/C18H21NO2/c20-11-4-3-6-13-7-5-8-14(12-13)19-18(21)17-15-9-1-2-10-16(15)17/h5,7-8,12,15-17,20H,1-2,4,9-11H2,(H,19,21). The van der Waals surface area contributed by atoms with Crippen LogP contribution in [-0.2, 0) is 4.79 Å². The summed E-state index contributed by atoms with van der Waals surface area (Å²) in [6.07, 6.45) is 5.47. The van der Waals surface area contributed by atoms with Crippen molar-refractivity contribution in [2.45, 2.75) is 32.1 Å². The van der Waals surface area contributed by atoms with Gasteiger partial charge in [-0.05, 0) is 42.9 Å². The monoisotopic (exact) mass is 283 g/mol. The number of hydrogen-bond donors (Lipinski definition) is 2. The molecule has 1 amide bonds. The van der Waals surface area contributed by atoms with Crippen LogP contribution in [0.2, 0.25) is 0 Å². The number of benzene rings is 1. The van der Waals surface area contributed by atoms with Crippen molar-refractivity contribution in [2.75, 3.05) is 11.9 Å². The zero-order chi connectivity index (χ0) is 14.7. The maximum atomic E-state index is 12.3. The molecule has 2 aliphatic rings. The third-order valence-corrected chi connectivity index (χ3v) is 4.56. The highest BCUT2D eigenvalue weighted by Crippen LogP contribution is 2.55. The van der Waals surface area contributed by atoms with Crippen molar-refractivity contribution >= 4 is 11.6 Å². The Kier molecular flexibility index (Phi) is 4.26. The first kappa shape index (κ1) is 14.2. The van der Waals surface area contributed by atoms with Gasteiger partial charge in [0, 0.05) is 23.6 Å². The Balaban J connectivity index is 1.61. The second-order valence-electron chi connectivity index (χ2n) is 5.98. The Morgan fingerprint density at radius 3 is 2.76 bits per heavy atom. The van der Waals surface area contributed by atoms with Gasteiger partial charge in [0.25, 0.3) is 0 Å². The molecule has 2 aliphatic carbocycles. The molecule has 1 aromatic rings. The van der Waals surface area contributed by atoms with Crippen LogP contribution >= 0.6 is 0 Å². The van der Waals surface area contributed by atoms with Crippen LogP contribution < -0.4 is 5.32 Å². The molecule has 2 atom stereocenters. The molecule has 0 aromatic heterocycles. The number of carbonyl (C=O) groups excluding carboxylic acids is 1. The Labute approximate surface area is 125 Å². The number of hydrogen-bond acceptors (Lipinski definition) is 2. The summed E-state index contributed by atoms with van der Waals surface area (Å²) in [6, 6.07) is 7.62. The normalized spacial score (nSPS) is 26.2. The Bertz CT molecular complexity index is 572. The van der Waals surface area contributed by atoms with E-state index < -0.39 is 0 Å². The summed E-state index contributed by atoms with van der Waals surface area (Å²) in [6.45, 7) is 0.0773. The van der Waals surface area contributed by atoms with E-state index in [-0.39, 0.29) is 18.4 Å². The first-order valence-electron chi connectivity index (χ1n) is 7.80. The Morgan fingerprint density at radius 2 is 2.05 bits per heavy atom. The zero-order valence-electron chi connectivity index (χ0n) is 12.1. The van der Waals surface area contributed by atoms with Crippen molar-refractivity contribution in [3.05, 3.63) is 29.8 Å². The number of nitrogens with one attached hydrogen (secondary N) is 1. The van der Waals surface area contributed by atoms with Crippen molar-refractivity contribution in [1.82, 2.24) is 0 Å². The SMILES string of the molecule is O=C(Nc1cccc(C#CCCO)c1)C1C2CCCCC21. The predicted octanol–water partition coefficient (Wildman–Crippen LogP) is 2.80. The highest BCUT2D eigenvalue weighted by atomic mass is 16.2.